The monoisotopic (exact) mass is 300 g/mol. The molecule has 0 unspecified atom stereocenters. The first-order chi connectivity index (χ1) is 10.6. The van der Waals surface area contributed by atoms with Crippen LogP contribution in [0.15, 0.2) is 24.3 Å². The van der Waals surface area contributed by atoms with E-state index < -0.39 is 0 Å². The Hall–Kier alpha value is -1.84. The maximum atomic E-state index is 12.8. The summed E-state index contributed by atoms with van der Waals surface area (Å²) in [6, 6.07) is 8.03. The summed E-state index contributed by atoms with van der Waals surface area (Å²) in [6.07, 6.45) is 3.39. The zero-order valence-corrected chi connectivity index (χ0v) is 13.3. The van der Waals surface area contributed by atoms with Gasteiger partial charge in [-0.1, -0.05) is 38.1 Å². The van der Waals surface area contributed by atoms with Gasteiger partial charge in [-0.05, 0) is 36.3 Å². The first kappa shape index (κ1) is 15.1. The van der Waals surface area contributed by atoms with Gasteiger partial charge in [-0.3, -0.25) is 9.59 Å². The van der Waals surface area contributed by atoms with Crippen LogP contribution in [-0.2, 0) is 16.0 Å². The maximum absolute atomic E-state index is 12.8. The molecule has 4 heteroatoms. The van der Waals surface area contributed by atoms with E-state index in [1.807, 2.05) is 26.0 Å². The van der Waals surface area contributed by atoms with E-state index in [1.165, 1.54) is 11.1 Å². The Morgan fingerprint density at radius 2 is 2.05 bits per heavy atom. The molecule has 2 atom stereocenters. The summed E-state index contributed by atoms with van der Waals surface area (Å²) in [7, 11) is 0. The first-order valence-electron chi connectivity index (χ1n) is 8.25. The summed E-state index contributed by atoms with van der Waals surface area (Å²) in [6.45, 7) is 4.73. The quantitative estimate of drug-likeness (QED) is 0.928. The van der Waals surface area contributed by atoms with Gasteiger partial charge >= 0.3 is 0 Å². The van der Waals surface area contributed by atoms with Gasteiger partial charge in [0.05, 0.1) is 6.04 Å². The minimum Gasteiger partial charge on any atom is -0.347 e. The maximum Gasteiger partial charge on any atom is 0.243 e. The summed E-state index contributed by atoms with van der Waals surface area (Å²) in [4.78, 5) is 26.5. The Kier molecular flexibility index (Phi) is 4.19. The molecule has 1 aliphatic carbocycles. The molecule has 0 saturated carbocycles. The van der Waals surface area contributed by atoms with Crippen LogP contribution in [-0.4, -0.2) is 29.3 Å². The second-order valence-electron chi connectivity index (χ2n) is 6.68. The lowest BCUT2D eigenvalue weighted by Crippen LogP contribution is -2.50. The lowest BCUT2D eigenvalue weighted by Gasteiger charge is -2.31. The Labute approximate surface area is 131 Å². The van der Waals surface area contributed by atoms with E-state index in [9.17, 15) is 9.59 Å². The van der Waals surface area contributed by atoms with Crippen LogP contribution in [0.3, 0.4) is 0 Å². The summed E-state index contributed by atoms with van der Waals surface area (Å²) in [5, 5.41) is 3.18. The van der Waals surface area contributed by atoms with Gasteiger partial charge in [0.25, 0.3) is 0 Å². The highest BCUT2D eigenvalue weighted by molar-refractivity contribution is 5.89. The Balaban J connectivity index is 1.74. The number of carbonyl (C=O) groups excluding carboxylic acids is 2. The van der Waals surface area contributed by atoms with Crippen LogP contribution in [0.2, 0.25) is 0 Å². The number of benzene rings is 1. The molecule has 4 nitrogen and oxygen atoms in total. The van der Waals surface area contributed by atoms with E-state index in [-0.39, 0.29) is 29.8 Å². The second kappa shape index (κ2) is 6.11. The molecule has 1 aromatic carbocycles. The number of nitrogens with zero attached hydrogens (tertiary/aromatic N) is 1. The fourth-order valence-corrected chi connectivity index (χ4v) is 3.73. The molecule has 118 valence electrons. The number of aryl methyl sites for hydroxylation is 1. The van der Waals surface area contributed by atoms with Crippen molar-refractivity contribution >= 4 is 11.8 Å². The van der Waals surface area contributed by atoms with Crippen molar-refractivity contribution in [2.45, 2.75) is 51.6 Å². The number of nitrogens with one attached hydrogen (secondary N) is 1. The largest absolute Gasteiger partial charge is 0.347 e. The lowest BCUT2D eigenvalue weighted by atomic mass is 10.0. The van der Waals surface area contributed by atoms with Crippen LogP contribution in [0.4, 0.5) is 0 Å². The molecule has 22 heavy (non-hydrogen) atoms. The molecule has 0 aromatic heterocycles. The van der Waals surface area contributed by atoms with Crippen LogP contribution in [0.25, 0.3) is 0 Å². The standard InChI is InChI=1S/C18H24N2O2/c1-12(2)17(20-11-5-8-16(20)21)18(22)19-15-10-9-13-6-3-4-7-14(13)15/h3-4,6-7,12,15,17H,5,8-11H2,1-2H3,(H,19,22)/t15-,17-/m0/s1. The second-order valence-corrected chi connectivity index (χ2v) is 6.68. The summed E-state index contributed by atoms with van der Waals surface area (Å²) < 4.78 is 0. The average molecular weight is 300 g/mol. The Morgan fingerprint density at radius 3 is 2.73 bits per heavy atom. The molecule has 1 N–H and O–H groups in total. The van der Waals surface area contributed by atoms with Crippen LogP contribution in [0, 0.1) is 5.92 Å². The van der Waals surface area contributed by atoms with Crippen molar-refractivity contribution in [1.29, 1.82) is 0 Å². The van der Waals surface area contributed by atoms with E-state index in [0.717, 1.165) is 19.3 Å². The predicted octanol–water partition coefficient (Wildman–Crippen LogP) is 2.44. The van der Waals surface area contributed by atoms with E-state index >= 15 is 0 Å². The van der Waals surface area contributed by atoms with Crippen LogP contribution in [0.1, 0.15) is 50.3 Å². The van der Waals surface area contributed by atoms with Gasteiger partial charge in [0.1, 0.15) is 6.04 Å². The number of hydrogen-bond acceptors (Lipinski definition) is 2. The smallest absolute Gasteiger partial charge is 0.243 e. The number of carbonyl (C=O) groups is 2. The fourth-order valence-electron chi connectivity index (χ4n) is 3.73. The van der Waals surface area contributed by atoms with Crippen molar-refractivity contribution in [2.24, 2.45) is 5.92 Å². The molecule has 3 rings (SSSR count). The Morgan fingerprint density at radius 1 is 1.27 bits per heavy atom. The highest BCUT2D eigenvalue weighted by Crippen LogP contribution is 2.31. The van der Waals surface area contributed by atoms with E-state index in [1.54, 1.807) is 4.90 Å². The zero-order chi connectivity index (χ0) is 15.7. The molecule has 2 amide bonds. The summed E-state index contributed by atoms with van der Waals surface area (Å²) in [5.74, 6) is 0.228. The minimum atomic E-state index is -0.345. The fraction of sp³-hybridized carbons (Fsp3) is 0.556. The Bertz CT molecular complexity index is 582. The number of amides is 2. The number of rotatable bonds is 4. The van der Waals surface area contributed by atoms with Crippen LogP contribution >= 0.6 is 0 Å². The van der Waals surface area contributed by atoms with Gasteiger partial charge < -0.3 is 10.2 Å². The lowest BCUT2D eigenvalue weighted by molar-refractivity contribution is -0.139. The summed E-state index contributed by atoms with van der Waals surface area (Å²) >= 11 is 0. The van der Waals surface area contributed by atoms with Crippen LogP contribution in [0.5, 0.6) is 0 Å². The molecule has 1 aliphatic heterocycles. The third-order valence-electron chi connectivity index (χ3n) is 4.80. The molecule has 1 heterocycles. The van der Waals surface area contributed by atoms with Crippen molar-refractivity contribution < 1.29 is 9.59 Å². The molecule has 0 spiro atoms. The van der Waals surface area contributed by atoms with Gasteiger partial charge in [-0.15, -0.1) is 0 Å². The van der Waals surface area contributed by atoms with Gasteiger partial charge in [-0.2, -0.15) is 0 Å². The number of hydrogen-bond donors (Lipinski definition) is 1. The van der Waals surface area contributed by atoms with E-state index in [4.69, 9.17) is 0 Å². The third-order valence-corrected chi connectivity index (χ3v) is 4.80. The predicted molar refractivity (Wildman–Crippen MR) is 85.2 cm³/mol. The highest BCUT2D eigenvalue weighted by Gasteiger charge is 2.36. The molecular weight excluding hydrogens is 276 g/mol. The van der Waals surface area contributed by atoms with Gasteiger partial charge in [0, 0.05) is 13.0 Å². The first-order valence-corrected chi connectivity index (χ1v) is 8.25. The summed E-state index contributed by atoms with van der Waals surface area (Å²) in [5.41, 5.74) is 2.55. The van der Waals surface area contributed by atoms with Gasteiger partial charge in [0.2, 0.25) is 11.8 Å². The average Bonchev–Trinajstić information content (AvgIpc) is 3.07. The normalized spacial score (nSPS) is 22.0. The molecule has 0 radical (unpaired) electrons. The molecule has 2 aliphatic rings. The van der Waals surface area contributed by atoms with Crippen molar-refractivity contribution in [3.63, 3.8) is 0 Å². The molecule has 1 saturated heterocycles. The van der Waals surface area contributed by atoms with Gasteiger partial charge in [0.15, 0.2) is 0 Å². The van der Waals surface area contributed by atoms with Crippen molar-refractivity contribution in [3.05, 3.63) is 35.4 Å². The topological polar surface area (TPSA) is 49.4 Å². The van der Waals surface area contributed by atoms with E-state index in [2.05, 4.69) is 17.4 Å². The van der Waals surface area contributed by atoms with Gasteiger partial charge in [-0.25, -0.2) is 0 Å². The number of likely N-dealkylation sites (tertiary alicyclic amines) is 1. The highest BCUT2D eigenvalue weighted by atomic mass is 16.2. The molecule has 1 fully saturated rings. The molecule has 1 aromatic rings. The zero-order valence-electron chi connectivity index (χ0n) is 13.3. The SMILES string of the molecule is CC(C)[C@@H](C(=O)N[C@H]1CCc2ccccc21)N1CCCC1=O. The van der Waals surface area contributed by atoms with Crippen molar-refractivity contribution in [1.82, 2.24) is 10.2 Å². The minimum absolute atomic E-state index is 0.00745. The van der Waals surface area contributed by atoms with Crippen molar-refractivity contribution in [2.75, 3.05) is 6.54 Å². The van der Waals surface area contributed by atoms with Crippen LogP contribution < -0.4 is 5.32 Å². The van der Waals surface area contributed by atoms with Crippen molar-refractivity contribution in [3.8, 4) is 0 Å². The molecule has 0 bridgehead atoms. The third kappa shape index (κ3) is 2.74. The van der Waals surface area contributed by atoms with E-state index in [0.29, 0.717) is 13.0 Å². The molecular formula is C18H24N2O2. The number of fused-ring (bicyclic) bond motifs is 1.